The van der Waals surface area contributed by atoms with E-state index in [1.54, 1.807) is 37.7 Å². The Balaban J connectivity index is 0.00000492. The first-order chi connectivity index (χ1) is 36.9. The van der Waals surface area contributed by atoms with Crippen molar-refractivity contribution >= 4 is 60.0 Å². The number of amides is 4. The lowest BCUT2D eigenvalue weighted by Crippen LogP contribution is -2.55. The number of ether oxygens (including phenoxy) is 2. The molecule has 4 aromatic rings. The van der Waals surface area contributed by atoms with Crippen LogP contribution in [0, 0.1) is 0 Å². The molecular weight excluding hydrogens is 1030 g/mol. The number of rotatable bonds is 25. The first kappa shape index (κ1) is 61.4. The number of carbonyl (C=O) groups is 6. The molecule has 2 aliphatic carbocycles. The maximum atomic E-state index is 14.3. The van der Waals surface area contributed by atoms with Gasteiger partial charge in [-0.1, -0.05) is 72.8 Å². The summed E-state index contributed by atoms with van der Waals surface area (Å²) < 4.78 is 12.2. The minimum atomic E-state index is -0.835. The summed E-state index contributed by atoms with van der Waals surface area (Å²) >= 11 is 0. The van der Waals surface area contributed by atoms with Crippen molar-refractivity contribution in [2.45, 2.75) is 165 Å². The van der Waals surface area contributed by atoms with Crippen LogP contribution in [0.2, 0.25) is 0 Å². The van der Waals surface area contributed by atoms with Gasteiger partial charge in [0.2, 0.25) is 23.6 Å². The van der Waals surface area contributed by atoms with Gasteiger partial charge in [-0.15, -0.1) is 24.8 Å². The van der Waals surface area contributed by atoms with E-state index in [9.17, 15) is 28.8 Å². The number of likely N-dealkylation sites (N-methyl/N-ethyl adjacent to an activating group) is 2. The van der Waals surface area contributed by atoms with E-state index < -0.39 is 36.3 Å². The van der Waals surface area contributed by atoms with Crippen molar-refractivity contribution in [3.05, 3.63) is 130 Å². The number of nitrogens with zero attached hydrogens (tertiary/aromatic N) is 2. The molecule has 2 fully saturated rings. The minimum Gasteiger partial charge on any atom is -0.494 e. The zero-order valence-corrected chi connectivity index (χ0v) is 47.6. The molecule has 4 amide bonds. The Morgan fingerprint density at radius 3 is 1.29 bits per heavy atom. The molecule has 8 atom stereocenters. The van der Waals surface area contributed by atoms with Gasteiger partial charge in [-0.3, -0.25) is 28.8 Å². The fraction of sp³-hybridized carbons (Fsp3) is 0.516. The van der Waals surface area contributed by atoms with Crippen molar-refractivity contribution in [1.29, 1.82) is 0 Å². The molecule has 1 unspecified atom stereocenters. The highest BCUT2D eigenvalue weighted by Gasteiger charge is 2.41. The number of hydrogen-bond donors (Lipinski definition) is 4. The van der Waals surface area contributed by atoms with Gasteiger partial charge in [0.1, 0.15) is 23.6 Å². The number of nitrogens with one attached hydrogen (secondary N) is 4. The van der Waals surface area contributed by atoms with Gasteiger partial charge < -0.3 is 40.5 Å². The fourth-order valence-electron chi connectivity index (χ4n) is 11.8. The Kier molecular flexibility index (Phi) is 23.6. The van der Waals surface area contributed by atoms with E-state index in [4.69, 9.17) is 9.47 Å². The maximum Gasteiger partial charge on any atom is 0.246 e. The highest BCUT2D eigenvalue weighted by atomic mass is 35.5. The van der Waals surface area contributed by atoms with E-state index in [0.29, 0.717) is 63.5 Å². The second kappa shape index (κ2) is 30.0. The third-order valence-electron chi connectivity index (χ3n) is 16.4. The van der Waals surface area contributed by atoms with Crippen LogP contribution in [0.5, 0.6) is 11.5 Å². The topological polar surface area (TPSA) is 175 Å². The van der Waals surface area contributed by atoms with Crippen LogP contribution in [0.1, 0.15) is 136 Å². The van der Waals surface area contributed by atoms with Gasteiger partial charge in [0, 0.05) is 38.8 Å². The lowest BCUT2D eigenvalue weighted by molar-refractivity contribution is -0.141. The molecular formula is C62H82Cl2N6O8. The highest BCUT2D eigenvalue weighted by Crippen LogP contribution is 2.37. The molecule has 0 radical (unpaired) electrons. The van der Waals surface area contributed by atoms with Gasteiger partial charge in [-0.25, -0.2) is 0 Å². The van der Waals surface area contributed by atoms with Gasteiger partial charge in [-0.05, 0) is 174 Å². The number of Topliss-reactive ketones (excluding diaryl/α,β-unsaturated/α-hetero) is 2. The van der Waals surface area contributed by atoms with E-state index in [-0.39, 0.29) is 84.7 Å². The Morgan fingerprint density at radius 2 is 0.910 bits per heavy atom. The Morgan fingerprint density at radius 1 is 0.526 bits per heavy atom. The Labute approximate surface area is 474 Å². The molecule has 4 aliphatic rings. The highest BCUT2D eigenvalue weighted by molar-refractivity contribution is 5.95. The molecule has 0 aromatic heterocycles. The molecule has 2 aliphatic heterocycles. The number of carbonyl (C=O) groups excluding carboxylic acids is 6. The molecule has 16 heteroatoms. The van der Waals surface area contributed by atoms with Crippen molar-refractivity contribution in [3.8, 4) is 11.5 Å². The molecule has 0 spiro atoms. The summed E-state index contributed by atoms with van der Waals surface area (Å²) in [5.41, 5.74) is 6.87. The molecule has 8 rings (SSSR count). The van der Waals surface area contributed by atoms with Crippen LogP contribution < -0.4 is 30.7 Å². The monoisotopic (exact) mass is 1110 g/mol. The van der Waals surface area contributed by atoms with Crippen LogP contribution >= 0.6 is 24.8 Å². The Hall–Kier alpha value is -5.80. The van der Waals surface area contributed by atoms with Crippen LogP contribution in [0.4, 0.5) is 0 Å². The summed E-state index contributed by atoms with van der Waals surface area (Å²) in [5, 5.41) is 11.9. The number of ketones is 2. The van der Waals surface area contributed by atoms with Gasteiger partial charge in [0.05, 0.1) is 37.4 Å². The predicted octanol–water partition coefficient (Wildman–Crippen LogP) is 8.18. The van der Waals surface area contributed by atoms with Gasteiger partial charge in [0.15, 0.2) is 11.6 Å². The average Bonchev–Trinajstić information content (AvgIpc) is 4.16. The summed E-state index contributed by atoms with van der Waals surface area (Å²) in [5.74, 6) is 0.888. The average molecular weight is 1110 g/mol. The van der Waals surface area contributed by atoms with Crippen molar-refractivity contribution in [3.63, 3.8) is 0 Å². The third kappa shape index (κ3) is 15.9. The van der Waals surface area contributed by atoms with Crippen LogP contribution in [0.3, 0.4) is 0 Å². The number of likely N-dealkylation sites (tertiary alicyclic amines) is 2. The summed E-state index contributed by atoms with van der Waals surface area (Å²) in [4.78, 5) is 86.3. The molecule has 78 heavy (non-hydrogen) atoms. The molecule has 14 nitrogen and oxygen atoms in total. The van der Waals surface area contributed by atoms with E-state index in [1.165, 1.54) is 22.3 Å². The fourth-order valence-corrected chi connectivity index (χ4v) is 11.8. The van der Waals surface area contributed by atoms with Gasteiger partial charge in [0.25, 0.3) is 0 Å². The van der Waals surface area contributed by atoms with Crippen LogP contribution in [-0.4, -0.2) is 122 Å². The lowest BCUT2D eigenvalue weighted by atomic mass is 9.79. The number of hydrogen-bond acceptors (Lipinski definition) is 10. The predicted molar refractivity (Wildman–Crippen MR) is 309 cm³/mol. The lowest BCUT2D eigenvalue weighted by Gasteiger charge is -2.31. The largest absolute Gasteiger partial charge is 0.494 e. The first-order valence-electron chi connectivity index (χ1n) is 28.1. The molecule has 422 valence electrons. The van der Waals surface area contributed by atoms with Crippen molar-refractivity contribution in [2.24, 2.45) is 0 Å². The molecule has 0 saturated carbocycles. The van der Waals surface area contributed by atoms with Crippen LogP contribution in [-0.2, 0) is 54.5 Å². The first-order valence-corrected chi connectivity index (χ1v) is 28.1. The number of unbranched alkanes of at least 4 members (excludes halogenated alkanes) is 1. The summed E-state index contributed by atoms with van der Waals surface area (Å²) in [7, 11) is 3.41. The van der Waals surface area contributed by atoms with Gasteiger partial charge >= 0.3 is 0 Å². The summed E-state index contributed by atoms with van der Waals surface area (Å²) in [6.45, 7) is 5.43. The van der Waals surface area contributed by atoms with Crippen LogP contribution in [0.25, 0.3) is 0 Å². The second-order valence-electron chi connectivity index (χ2n) is 21.5. The normalized spacial score (nSPS) is 20.1. The second-order valence-corrected chi connectivity index (χ2v) is 21.5. The quantitative estimate of drug-likeness (QED) is 0.0474. The van der Waals surface area contributed by atoms with Crippen molar-refractivity contribution < 1.29 is 38.2 Å². The number of halogens is 2. The summed E-state index contributed by atoms with van der Waals surface area (Å²) in [6, 6.07) is 28.3. The smallest absolute Gasteiger partial charge is 0.246 e. The summed E-state index contributed by atoms with van der Waals surface area (Å²) in [6.07, 6.45) is 11.7. The standard InChI is InChI=1S/C62H80N6O8.2ClH/c1-41(63-3)59(71)65-53(61(73)67-33-13-23-55(67)57(69)39-47-19-11-17-45-15-5-7-21-51(45)47)37-43-25-29-49(30-26-43)75-35-9-10-36-76-50-31-27-44(28-32-50)38-54(66-60(72)42(2)64-4)62(74)68-34-14-24-56(68)58(70)40-48-20-12-18-46-16-6-8-22-52(46)48;;/h5-8,15-16,21-22,25-32,41-42,47-48,53-56,63-64H,9-14,17-20,23-24,33-40H2,1-4H3,(H,65,71)(H,66,72);2*1H/t41-,42-,47-,48-,53-,54-,55-,56?;;/m0../s1. The van der Waals surface area contributed by atoms with Crippen LogP contribution in [0.15, 0.2) is 97.1 Å². The number of aryl methyl sites for hydroxylation is 2. The molecule has 4 N–H and O–H groups in total. The molecule has 0 bridgehead atoms. The SMILES string of the molecule is CN[C@@H](C)C(=O)N[C@@H](Cc1ccc(OCCCCOc2ccc(C[C@H](NC(=O)[C@H](C)NC)C(=O)N3CCC[C@H]3C(=O)C[C@@H]3CCCc4ccccc43)cc2)cc1)C(=O)N1CCCC1C(=O)C[C@@H]1CCCc2ccccc21.Cl.Cl. The Bertz CT molecular complexity index is 2460. The van der Waals surface area contributed by atoms with E-state index in [1.807, 2.05) is 60.7 Å². The van der Waals surface area contributed by atoms with Crippen molar-refractivity contribution in [2.75, 3.05) is 40.4 Å². The molecule has 2 saturated heterocycles. The van der Waals surface area contributed by atoms with E-state index >= 15 is 0 Å². The molecule has 4 aromatic carbocycles. The zero-order chi connectivity index (χ0) is 53.6. The zero-order valence-electron chi connectivity index (χ0n) is 46.0. The maximum absolute atomic E-state index is 14.3. The molecule has 2 heterocycles. The van der Waals surface area contributed by atoms with E-state index in [0.717, 1.165) is 75.3 Å². The van der Waals surface area contributed by atoms with Gasteiger partial charge in [-0.2, -0.15) is 0 Å². The number of fused-ring (bicyclic) bond motifs is 2. The number of benzene rings is 4. The minimum absolute atomic E-state index is 0. The third-order valence-corrected chi connectivity index (χ3v) is 16.4. The van der Waals surface area contributed by atoms with Crippen molar-refractivity contribution in [1.82, 2.24) is 31.1 Å². The van der Waals surface area contributed by atoms with E-state index in [2.05, 4.69) is 57.7 Å².